The molecule has 1 amide bonds. The molecule has 0 spiro atoms. The molecule has 0 saturated heterocycles. The number of aldehydes is 1. The van der Waals surface area contributed by atoms with Crippen molar-refractivity contribution in [2.45, 2.75) is 39.8 Å². The molecule has 0 saturated carbocycles. The van der Waals surface area contributed by atoms with Crippen molar-refractivity contribution >= 4 is 12.2 Å². The van der Waals surface area contributed by atoms with Crippen LogP contribution in [0, 0.1) is 5.92 Å². The Morgan fingerprint density at radius 1 is 1.44 bits per heavy atom. The molecule has 18 heavy (non-hydrogen) atoms. The molecule has 5 nitrogen and oxygen atoms in total. The highest BCUT2D eigenvalue weighted by molar-refractivity contribution is 5.91. The zero-order valence-electron chi connectivity index (χ0n) is 12.0. The van der Waals surface area contributed by atoms with Gasteiger partial charge in [0.15, 0.2) is 5.72 Å². The van der Waals surface area contributed by atoms with Gasteiger partial charge in [0.05, 0.1) is 0 Å². The van der Waals surface area contributed by atoms with Crippen molar-refractivity contribution in [1.82, 2.24) is 4.90 Å². The first-order chi connectivity index (χ1) is 8.31. The smallest absolute Gasteiger partial charge is 0.248 e. The van der Waals surface area contributed by atoms with E-state index in [9.17, 15) is 14.7 Å². The van der Waals surface area contributed by atoms with E-state index in [0.717, 1.165) is 12.2 Å². The molecule has 5 heteroatoms. The molecular formula is C13H26N2O3. The van der Waals surface area contributed by atoms with Gasteiger partial charge in [-0.2, -0.15) is 0 Å². The number of amides is 1. The van der Waals surface area contributed by atoms with Crippen LogP contribution < -0.4 is 5.73 Å². The molecule has 1 unspecified atom stereocenters. The Kier molecular flexibility index (Phi) is 10.4. The van der Waals surface area contributed by atoms with Crippen LogP contribution in [0.1, 0.15) is 34.1 Å². The van der Waals surface area contributed by atoms with E-state index in [1.54, 1.807) is 0 Å². The topological polar surface area (TPSA) is 83.6 Å². The van der Waals surface area contributed by atoms with Crippen LogP contribution >= 0.6 is 0 Å². The van der Waals surface area contributed by atoms with Crippen LogP contribution in [0.15, 0.2) is 12.2 Å². The van der Waals surface area contributed by atoms with Crippen LogP contribution in [0.5, 0.6) is 0 Å². The lowest BCUT2D eigenvalue weighted by molar-refractivity contribution is -0.139. The molecule has 3 N–H and O–H groups in total. The SMILES string of the molecule is CC(C)C.CC1(O)C=CC(=O)N1CCC=O.CN. The Labute approximate surface area is 110 Å². The maximum absolute atomic E-state index is 11.1. The summed E-state index contributed by atoms with van der Waals surface area (Å²) in [4.78, 5) is 22.3. The minimum atomic E-state index is -1.22. The second-order valence-electron chi connectivity index (χ2n) is 4.60. The van der Waals surface area contributed by atoms with Crippen LogP contribution in [0.4, 0.5) is 0 Å². The summed E-state index contributed by atoms with van der Waals surface area (Å²) in [5, 5.41) is 9.55. The summed E-state index contributed by atoms with van der Waals surface area (Å²) in [5.41, 5.74) is 3.28. The second kappa shape index (κ2) is 9.79. The number of hydrogen-bond acceptors (Lipinski definition) is 4. The van der Waals surface area contributed by atoms with Gasteiger partial charge in [-0.3, -0.25) is 4.79 Å². The highest BCUT2D eigenvalue weighted by Gasteiger charge is 2.33. The Balaban J connectivity index is 0. The highest BCUT2D eigenvalue weighted by atomic mass is 16.3. The monoisotopic (exact) mass is 258 g/mol. The van der Waals surface area contributed by atoms with E-state index in [-0.39, 0.29) is 18.9 Å². The van der Waals surface area contributed by atoms with E-state index < -0.39 is 5.72 Å². The molecule has 0 aliphatic carbocycles. The molecule has 1 rings (SSSR count). The average molecular weight is 258 g/mol. The van der Waals surface area contributed by atoms with Gasteiger partial charge in [0.1, 0.15) is 6.29 Å². The number of nitrogens with two attached hydrogens (primary N) is 1. The third-order valence-corrected chi connectivity index (χ3v) is 1.82. The fourth-order valence-corrected chi connectivity index (χ4v) is 1.15. The fourth-order valence-electron chi connectivity index (χ4n) is 1.15. The van der Waals surface area contributed by atoms with Crippen molar-refractivity contribution < 1.29 is 14.7 Å². The van der Waals surface area contributed by atoms with Crippen molar-refractivity contribution in [2.75, 3.05) is 13.6 Å². The lowest BCUT2D eigenvalue weighted by Gasteiger charge is -2.28. The summed E-state index contributed by atoms with van der Waals surface area (Å²) in [6.45, 7) is 8.28. The number of carbonyl (C=O) groups is 2. The molecule has 0 aromatic carbocycles. The van der Waals surface area contributed by atoms with E-state index in [1.807, 2.05) is 0 Å². The molecule has 0 radical (unpaired) electrons. The molecule has 0 aromatic rings. The van der Waals surface area contributed by atoms with Crippen LogP contribution in [0.3, 0.4) is 0 Å². The van der Waals surface area contributed by atoms with E-state index >= 15 is 0 Å². The summed E-state index contributed by atoms with van der Waals surface area (Å²) >= 11 is 0. The van der Waals surface area contributed by atoms with E-state index in [4.69, 9.17) is 0 Å². The van der Waals surface area contributed by atoms with E-state index in [0.29, 0.717) is 0 Å². The van der Waals surface area contributed by atoms with Gasteiger partial charge in [-0.25, -0.2) is 0 Å². The van der Waals surface area contributed by atoms with Gasteiger partial charge < -0.3 is 20.5 Å². The Morgan fingerprint density at radius 2 is 1.89 bits per heavy atom. The van der Waals surface area contributed by atoms with E-state index in [2.05, 4.69) is 26.5 Å². The molecule has 1 aliphatic rings. The summed E-state index contributed by atoms with van der Waals surface area (Å²) in [7, 11) is 1.50. The van der Waals surface area contributed by atoms with Crippen LogP contribution in [-0.2, 0) is 9.59 Å². The Bertz CT molecular complexity index is 271. The number of aliphatic hydroxyl groups is 1. The Morgan fingerprint density at radius 3 is 2.17 bits per heavy atom. The van der Waals surface area contributed by atoms with Gasteiger partial charge in [-0.05, 0) is 26.0 Å². The summed E-state index contributed by atoms with van der Waals surface area (Å²) in [6.07, 6.45) is 3.70. The second-order valence-corrected chi connectivity index (χ2v) is 4.60. The minimum absolute atomic E-state index is 0.248. The third kappa shape index (κ3) is 7.97. The van der Waals surface area contributed by atoms with Gasteiger partial charge in [0.25, 0.3) is 0 Å². The molecular weight excluding hydrogens is 232 g/mol. The van der Waals surface area contributed by atoms with Crippen molar-refractivity contribution in [1.29, 1.82) is 0 Å². The van der Waals surface area contributed by atoms with Gasteiger partial charge >= 0.3 is 0 Å². The van der Waals surface area contributed by atoms with Crippen molar-refractivity contribution in [3.05, 3.63) is 12.2 Å². The summed E-state index contributed by atoms with van der Waals surface area (Å²) < 4.78 is 0. The first-order valence-corrected chi connectivity index (χ1v) is 6.06. The maximum atomic E-state index is 11.1. The van der Waals surface area contributed by atoms with Crippen LogP contribution in [0.2, 0.25) is 0 Å². The molecule has 0 bridgehead atoms. The molecule has 1 heterocycles. The van der Waals surface area contributed by atoms with Gasteiger partial charge in [-0.15, -0.1) is 0 Å². The zero-order chi connectivity index (χ0) is 14.8. The summed E-state index contributed by atoms with van der Waals surface area (Å²) in [5.74, 6) is 0.585. The largest absolute Gasteiger partial charge is 0.367 e. The number of rotatable bonds is 3. The predicted octanol–water partition coefficient (Wildman–Crippen LogP) is 0.919. The zero-order valence-corrected chi connectivity index (χ0v) is 12.0. The first-order valence-electron chi connectivity index (χ1n) is 6.06. The molecule has 1 atom stereocenters. The third-order valence-electron chi connectivity index (χ3n) is 1.82. The van der Waals surface area contributed by atoms with Crippen molar-refractivity contribution in [2.24, 2.45) is 11.7 Å². The van der Waals surface area contributed by atoms with Crippen LogP contribution in [0.25, 0.3) is 0 Å². The van der Waals surface area contributed by atoms with Gasteiger partial charge in [0, 0.05) is 19.0 Å². The fraction of sp³-hybridized carbons (Fsp3) is 0.692. The number of carbonyl (C=O) groups excluding carboxylic acids is 2. The summed E-state index contributed by atoms with van der Waals surface area (Å²) in [6, 6.07) is 0. The average Bonchev–Trinajstić information content (AvgIpc) is 2.53. The van der Waals surface area contributed by atoms with Gasteiger partial charge in [-0.1, -0.05) is 20.8 Å². The molecule has 0 aromatic heterocycles. The molecule has 106 valence electrons. The number of hydrogen-bond donors (Lipinski definition) is 2. The normalized spacial score (nSPS) is 21.1. The molecule has 0 fully saturated rings. The maximum Gasteiger partial charge on any atom is 0.248 e. The highest BCUT2D eigenvalue weighted by Crippen LogP contribution is 2.19. The van der Waals surface area contributed by atoms with Crippen molar-refractivity contribution in [3.8, 4) is 0 Å². The minimum Gasteiger partial charge on any atom is -0.367 e. The quantitative estimate of drug-likeness (QED) is 0.737. The van der Waals surface area contributed by atoms with Crippen molar-refractivity contribution in [3.63, 3.8) is 0 Å². The lowest BCUT2D eigenvalue weighted by atomic mass is 10.2. The Hall–Kier alpha value is -1.20. The first kappa shape index (κ1) is 19.1. The molecule has 1 aliphatic heterocycles. The van der Waals surface area contributed by atoms with E-state index in [1.165, 1.54) is 31.0 Å². The standard InChI is InChI=1S/C8H11NO3.C4H10.CH5N/c1-8(12)4-3-7(11)9(8)5-2-6-10;1-4(2)3;1-2/h3-4,6,12H,2,5H2,1H3;4H,1-3H3;2H2,1H3. The van der Waals surface area contributed by atoms with Gasteiger partial charge in [0.2, 0.25) is 5.91 Å². The predicted molar refractivity (Wildman–Crippen MR) is 72.8 cm³/mol. The number of nitrogens with zero attached hydrogens (tertiary/aromatic N) is 1. The lowest BCUT2D eigenvalue weighted by Crippen LogP contribution is -2.44. The van der Waals surface area contributed by atoms with Crippen LogP contribution in [-0.4, -0.2) is 41.5 Å².